The molecule has 0 radical (unpaired) electrons. The molecule has 1 amide bonds. The van der Waals surface area contributed by atoms with Crippen LogP contribution in [0, 0.1) is 13.8 Å². The lowest BCUT2D eigenvalue weighted by Gasteiger charge is -2.24. The molecule has 0 unspecified atom stereocenters. The lowest BCUT2D eigenvalue weighted by Crippen LogP contribution is -2.40. The molecule has 8 heteroatoms. The van der Waals surface area contributed by atoms with Crippen LogP contribution in [0.4, 0.5) is 11.5 Å². The summed E-state index contributed by atoms with van der Waals surface area (Å²) in [7, 11) is 0. The summed E-state index contributed by atoms with van der Waals surface area (Å²) in [5, 5.41) is 4.09. The van der Waals surface area contributed by atoms with E-state index in [1.54, 1.807) is 18.0 Å². The number of likely N-dealkylation sites (N-methyl/N-ethyl adjacent to an activating group) is 1. The van der Waals surface area contributed by atoms with Gasteiger partial charge in [0.2, 0.25) is 0 Å². The van der Waals surface area contributed by atoms with Crippen LogP contribution in [-0.2, 0) is 4.79 Å². The van der Waals surface area contributed by atoms with Gasteiger partial charge in [0.05, 0.1) is 17.1 Å². The SMILES string of the molecule is CCN(CC)C(=O)[C@@H](C)Oc1cccc2ncnc(Nc3ccc(Oc4ccc(C)nc4)c(C)c3)c12. The van der Waals surface area contributed by atoms with Gasteiger partial charge in [-0.15, -0.1) is 0 Å². The molecule has 4 aromatic rings. The predicted octanol–water partition coefficient (Wildman–Crippen LogP) is 5.81. The number of hydrogen-bond donors (Lipinski definition) is 1. The number of anilines is 2. The maximum atomic E-state index is 12.8. The normalized spacial score (nSPS) is 11.7. The van der Waals surface area contributed by atoms with Gasteiger partial charge >= 0.3 is 0 Å². The molecule has 2 aromatic carbocycles. The number of amides is 1. The minimum Gasteiger partial charge on any atom is -0.480 e. The predicted molar refractivity (Wildman–Crippen MR) is 141 cm³/mol. The third-order valence-electron chi connectivity index (χ3n) is 5.90. The quantitative estimate of drug-likeness (QED) is 0.320. The number of pyridine rings is 1. The molecule has 0 saturated carbocycles. The number of carbonyl (C=O) groups excluding carboxylic acids is 1. The van der Waals surface area contributed by atoms with Crippen molar-refractivity contribution in [3.8, 4) is 17.2 Å². The van der Waals surface area contributed by atoms with Gasteiger partial charge in [-0.1, -0.05) is 6.07 Å². The Morgan fingerprint density at radius 2 is 1.81 bits per heavy atom. The highest BCUT2D eigenvalue weighted by atomic mass is 16.5. The van der Waals surface area contributed by atoms with E-state index in [4.69, 9.17) is 9.47 Å². The van der Waals surface area contributed by atoms with Crippen LogP contribution in [-0.4, -0.2) is 45.0 Å². The standard InChI is InChI=1S/C28H31N5O3/c1-6-33(7-2)28(34)20(5)35-25-10-8-9-23-26(25)27(31-17-30-23)32-21-12-14-24(18(3)15-21)36-22-13-11-19(4)29-16-22/h8-17,20H,6-7H2,1-5H3,(H,30,31,32)/t20-/m1/s1. The maximum absolute atomic E-state index is 12.8. The van der Waals surface area contributed by atoms with Crippen molar-refractivity contribution in [3.05, 3.63) is 72.3 Å². The molecular formula is C28H31N5O3. The number of ether oxygens (including phenoxy) is 2. The number of benzene rings is 2. The number of hydrogen-bond acceptors (Lipinski definition) is 7. The van der Waals surface area contributed by atoms with Gasteiger partial charge in [-0.05, 0) is 82.6 Å². The van der Waals surface area contributed by atoms with Gasteiger partial charge < -0.3 is 19.7 Å². The number of nitrogens with one attached hydrogen (secondary N) is 1. The van der Waals surface area contributed by atoms with Crippen molar-refractivity contribution in [2.45, 2.75) is 40.7 Å². The summed E-state index contributed by atoms with van der Waals surface area (Å²) >= 11 is 0. The lowest BCUT2D eigenvalue weighted by atomic mass is 10.1. The monoisotopic (exact) mass is 485 g/mol. The van der Waals surface area contributed by atoms with Crippen LogP contribution in [0.1, 0.15) is 32.0 Å². The molecule has 0 spiro atoms. The van der Waals surface area contributed by atoms with Crippen molar-refractivity contribution in [1.82, 2.24) is 19.9 Å². The number of fused-ring (bicyclic) bond motifs is 1. The fourth-order valence-electron chi connectivity index (χ4n) is 3.92. The number of carbonyl (C=O) groups is 1. The van der Waals surface area contributed by atoms with E-state index in [0.29, 0.717) is 35.8 Å². The first-order valence-corrected chi connectivity index (χ1v) is 12.1. The molecule has 0 bridgehead atoms. The summed E-state index contributed by atoms with van der Waals surface area (Å²) in [5.74, 6) is 2.51. The van der Waals surface area contributed by atoms with E-state index >= 15 is 0 Å². The minimum absolute atomic E-state index is 0.0571. The molecule has 0 fully saturated rings. The van der Waals surface area contributed by atoms with Crippen molar-refractivity contribution >= 4 is 28.3 Å². The van der Waals surface area contributed by atoms with Gasteiger partial charge in [-0.25, -0.2) is 9.97 Å². The Morgan fingerprint density at radius 3 is 2.50 bits per heavy atom. The second-order valence-corrected chi connectivity index (χ2v) is 8.49. The van der Waals surface area contributed by atoms with Gasteiger partial charge in [-0.2, -0.15) is 0 Å². The summed E-state index contributed by atoms with van der Waals surface area (Å²) in [6, 6.07) is 15.2. The fourth-order valence-corrected chi connectivity index (χ4v) is 3.92. The molecule has 0 aliphatic heterocycles. The van der Waals surface area contributed by atoms with E-state index in [-0.39, 0.29) is 5.91 Å². The summed E-state index contributed by atoms with van der Waals surface area (Å²) in [4.78, 5) is 27.7. The number of nitrogens with zero attached hydrogens (tertiary/aromatic N) is 4. The number of aryl methyl sites for hydroxylation is 2. The third kappa shape index (κ3) is 5.54. The summed E-state index contributed by atoms with van der Waals surface area (Å²) in [6.45, 7) is 10.9. The van der Waals surface area contributed by atoms with Gasteiger partial charge in [0.1, 0.15) is 29.4 Å². The van der Waals surface area contributed by atoms with Gasteiger partial charge in [-0.3, -0.25) is 9.78 Å². The average molecular weight is 486 g/mol. The molecule has 36 heavy (non-hydrogen) atoms. The Morgan fingerprint density at radius 1 is 1.00 bits per heavy atom. The Labute approximate surface area is 211 Å². The second kappa shape index (κ2) is 11.0. The summed E-state index contributed by atoms with van der Waals surface area (Å²) in [6.07, 6.45) is 2.58. The van der Waals surface area contributed by atoms with Crippen LogP contribution in [0.3, 0.4) is 0 Å². The summed E-state index contributed by atoms with van der Waals surface area (Å²) in [5.41, 5.74) is 3.44. The van der Waals surface area contributed by atoms with E-state index in [9.17, 15) is 4.79 Å². The van der Waals surface area contributed by atoms with Crippen LogP contribution in [0.2, 0.25) is 0 Å². The van der Waals surface area contributed by atoms with Crippen LogP contribution < -0.4 is 14.8 Å². The Hall–Kier alpha value is -4.20. The largest absolute Gasteiger partial charge is 0.480 e. The van der Waals surface area contributed by atoms with E-state index < -0.39 is 6.10 Å². The summed E-state index contributed by atoms with van der Waals surface area (Å²) < 4.78 is 12.1. The van der Waals surface area contributed by atoms with Crippen LogP contribution >= 0.6 is 0 Å². The zero-order valence-corrected chi connectivity index (χ0v) is 21.3. The van der Waals surface area contributed by atoms with Crippen molar-refractivity contribution in [1.29, 1.82) is 0 Å². The lowest BCUT2D eigenvalue weighted by molar-refractivity contribution is -0.137. The molecule has 8 nitrogen and oxygen atoms in total. The Kier molecular flexibility index (Phi) is 7.63. The molecule has 186 valence electrons. The molecule has 0 aliphatic rings. The molecule has 1 atom stereocenters. The van der Waals surface area contributed by atoms with Crippen LogP contribution in [0.25, 0.3) is 10.9 Å². The zero-order valence-electron chi connectivity index (χ0n) is 21.3. The molecule has 0 aliphatic carbocycles. The molecular weight excluding hydrogens is 454 g/mol. The molecule has 4 rings (SSSR count). The molecule has 2 heterocycles. The molecule has 2 aromatic heterocycles. The highest BCUT2D eigenvalue weighted by Crippen LogP contribution is 2.34. The smallest absolute Gasteiger partial charge is 0.263 e. The van der Waals surface area contributed by atoms with Gasteiger partial charge in [0.15, 0.2) is 6.10 Å². The van der Waals surface area contributed by atoms with Crippen LogP contribution in [0.15, 0.2) is 61.1 Å². The third-order valence-corrected chi connectivity index (χ3v) is 5.90. The average Bonchev–Trinajstić information content (AvgIpc) is 2.88. The Bertz CT molecular complexity index is 1350. The van der Waals surface area contributed by atoms with Gasteiger partial charge in [0.25, 0.3) is 5.91 Å². The van der Waals surface area contributed by atoms with E-state index in [1.807, 2.05) is 76.2 Å². The minimum atomic E-state index is -0.640. The Balaban J connectivity index is 1.59. The van der Waals surface area contributed by atoms with Crippen molar-refractivity contribution < 1.29 is 14.3 Å². The van der Waals surface area contributed by atoms with Crippen LogP contribution in [0.5, 0.6) is 17.2 Å². The number of aromatic nitrogens is 3. The van der Waals surface area contributed by atoms with Crippen molar-refractivity contribution in [3.63, 3.8) is 0 Å². The zero-order chi connectivity index (χ0) is 25.7. The van der Waals surface area contributed by atoms with Gasteiger partial charge in [0, 0.05) is 24.5 Å². The first-order chi connectivity index (χ1) is 17.4. The molecule has 0 saturated heterocycles. The van der Waals surface area contributed by atoms with Crippen molar-refractivity contribution in [2.75, 3.05) is 18.4 Å². The molecule has 1 N–H and O–H groups in total. The fraction of sp³-hybridized carbons (Fsp3) is 0.286. The number of rotatable bonds is 9. The van der Waals surface area contributed by atoms with E-state index in [1.165, 1.54) is 6.33 Å². The first-order valence-electron chi connectivity index (χ1n) is 12.1. The highest BCUT2D eigenvalue weighted by Gasteiger charge is 2.21. The first kappa shape index (κ1) is 24.9. The van der Waals surface area contributed by atoms with Crippen molar-refractivity contribution in [2.24, 2.45) is 0 Å². The second-order valence-electron chi connectivity index (χ2n) is 8.49. The van der Waals surface area contributed by atoms with E-state index in [2.05, 4.69) is 20.3 Å². The highest BCUT2D eigenvalue weighted by molar-refractivity contribution is 5.96. The maximum Gasteiger partial charge on any atom is 0.263 e. The topological polar surface area (TPSA) is 89.5 Å². The van der Waals surface area contributed by atoms with E-state index in [0.717, 1.165) is 28.2 Å².